The van der Waals surface area contributed by atoms with Crippen molar-refractivity contribution in [2.24, 2.45) is 0 Å². The van der Waals surface area contributed by atoms with Crippen LogP contribution < -0.4 is 5.32 Å². The quantitative estimate of drug-likeness (QED) is 0.918. The van der Waals surface area contributed by atoms with Crippen LogP contribution in [0.15, 0.2) is 28.8 Å². The van der Waals surface area contributed by atoms with Gasteiger partial charge in [0.1, 0.15) is 5.76 Å². The molecule has 112 valence electrons. The molecule has 0 bridgehead atoms. The molecule has 0 radical (unpaired) electrons. The highest BCUT2D eigenvalue weighted by molar-refractivity contribution is 5.78. The molecule has 0 atom stereocenters. The van der Waals surface area contributed by atoms with Crippen LogP contribution in [-0.2, 0) is 17.8 Å². The molecule has 0 fully saturated rings. The van der Waals surface area contributed by atoms with Crippen molar-refractivity contribution < 1.29 is 9.32 Å². The summed E-state index contributed by atoms with van der Waals surface area (Å²) in [5.41, 5.74) is 4.02. The van der Waals surface area contributed by atoms with Crippen LogP contribution in [0.25, 0.3) is 0 Å². The van der Waals surface area contributed by atoms with Crippen LogP contribution in [0.1, 0.15) is 22.6 Å². The highest BCUT2D eigenvalue weighted by atomic mass is 16.5. The van der Waals surface area contributed by atoms with Crippen molar-refractivity contribution in [2.75, 3.05) is 19.4 Å². The molecule has 0 saturated carbocycles. The molecule has 5 heteroatoms. The first-order valence-corrected chi connectivity index (χ1v) is 6.92. The zero-order chi connectivity index (χ0) is 15.4. The second-order valence-corrected chi connectivity index (χ2v) is 5.32. The smallest absolute Gasteiger partial charge is 0.226 e. The molecule has 0 aliphatic heterocycles. The van der Waals surface area contributed by atoms with Gasteiger partial charge in [-0.05, 0) is 31.5 Å². The van der Waals surface area contributed by atoms with E-state index in [1.807, 2.05) is 38.1 Å². The molecule has 0 spiro atoms. The van der Waals surface area contributed by atoms with E-state index in [1.165, 1.54) is 0 Å². The molecule has 0 saturated heterocycles. The van der Waals surface area contributed by atoms with Gasteiger partial charge in [-0.15, -0.1) is 0 Å². The van der Waals surface area contributed by atoms with Gasteiger partial charge in [-0.2, -0.15) is 0 Å². The Morgan fingerprint density at radius 1 is 1.24 bits per heavy atom. The van der Waals surface area contributed by atoms with Crippen LogP contribution >= 0.6 is 0 Å². The Balaban J connectivity index is 1.95. The van der Waals surface area contributed by atoms with E-state index in [-0.39, 0.29) is 5.91 Å². The normalized spacial score (nSPS) is 10.5. The van der Waals surface area contributed by atoms with Gasteiger partial charge in [-0.3, -0.25) is 4.79 Å². The molecule has 21 heavy (non-hydrogen) atoms. The van der Waals surface area contributed by atoms with Gasteiger partial charge in [-0.25, -0.2) is 0 Å². The van der Waals surface area contributed by atoms with Crippen molar-refractivity contribution in [3.8, 4) is 0 Å². The van der Waals surface area contributed by atoms with E-state index in [2.05, 4.69) is 10.5 Å². The van der Waals surface area contributed by atoms with Gasteiger partial charge >= 0.3 is 0 Å². The van der Waals surface area contributed by atoms with Crippen molar-refractivity contribution in [1.82, 2.24) is 10.1 Å². The molecule has 1 aromatic heterocycles. The van der Waals surface area contributed by atoms with Gasteiger partial charge in [0.25, 0.3) is 0 Å². The number of aromatic nitrogens is 1. The first-order valence-electron chi connectivity index (χ1n) is 6.92. The third kappa shape index (κ3) is 3.84. The van der Waals surface area contributed by atoms with E-state index < -0.39 is 0 Å². The Morgan fingerprint density at radius 2 is 1.90 bits per heavy atom. The molecule has 1 heterocycles. The fraction of sp³-hybridized carbons (Fsp3) is 0.375. The number of amides is 1. The molecule has 0 unspecified atom stereocenters. The number of hydrogen-bond donors (Lipinski definition) is 1. The van der Waals surface area contributed by atoms with Crippen LogP contribution in [-0.4, -0.2) is 30.1 Å². The van der Waals surface area contributed by atoms with Crippen LogP contribution in [0.3, 0.4) is 0 Å². The first-order chi connectivity index (χ1) is 9.97. The Kier molecular flexibility index (Phi) is 4.62. The lowest BCUT2D eigenvalue weighted by molar-refractivity contribution is -0.127. The molecular weight excluding hydrogens is 266 g/mol. The minimum atomic E-state index is 0.103. The number of benzene rings is 1. The van der Waals surface area contributed by atoms with E-state index in [4.69, 9.17) is 4.52 Å². The molecule has 1 amide bonds. The van der Waals surface area contributed by atoms with Crippen molar-refractivity contribution in [1.29, 1.82) is 0 Å². The fourth-order valence-corrected chi connectivity index (χ4v) is 2.02. The van der Waals surface area contributed by atoms with Gasteiger partial charge in [0, 0.05) is 31.9 Å². The average molecular weight is 287 g/mol. The summed E-state index contributed by atoms with van der Waals surface area (Å²) >= 11 is 0. The number of nitrogens with one attached hydrogen (secondary N) is 1. The molecule has 2 aromatic rings. The van der Waals surface area contributed by atoms with E-state index in [0.29, 0.717) is 13.0 Å². The summed E-state index contributed by atoms with van der Waals surface area (Å²) in [7, 11) is 3.53. The number of nitrogens with zero attached hydrogens (tertiary/aromatic N) is 2. The molecule has 0 aliphatic carbocycles. The zero-order valence-electron chi connectivity index (χ0n) is 12.9. The highest BCUT2D eigenvalue weighted by Crippen LogP contribution is 2.16. The second kappa shape index (κ2) is 6.43. The van der Waals surface area contributed by atoms with Crippen molar-refractivity contribution in [3.05, 3.63) is 46.8 Å². The second-order valence-electron chi connectivity index (χ2n) is 5.32. The number of carbonyl (C=O) groups excluding carboxylic acids is 1. The molecule has 1 N–H and O–H groups in total. The summed E-state index contributed by atoms with van der Waals surface area (Å²) in [6.45, 7) is 4.52. The Hall–Kier alpha value is -2.30. The van der Waals surface area contributed by atoms with Gasteiger partial charge in [0.2, 0.25) is 5.91 Å². The van der Waals surface area contributed by atoms with Crippen LogP contribution in [0.2, 0.25) is 0 Å². The molecule has 0 aliphatic rings. The third-order valence-corrected chi connectivity index (χ3v) is 3.46. The van der Waals surface area contributed by atoms with Crippen molar-refractivity contribution in [2.45, 2.75) is 26.8 Å². The zero-order valence-corrected chi connectivity index (χ0v) is 12.9. The van der Waals surface area contributed by atoms with Gasteiger partial charge < -0.3 is 14.7 Å². The predicted molar refractivity (Wildman–Crippen MR) is 82.1 cm³/mol. The summed E-state index contributed by atoms with van der Waals surface area (Å²) in [4.78, 5) is 13.2. The Morgan fingerprint density at radius 3 is 2.43 bits per heavy atom. The monoisotopic (exact) mass is 287 g/mol. The van der Waals surface area contributed by atoms with Crippen LogP contribution in [0, 0.1) is 13.8 Å². The van der Waals surface area contributed by atoms with E-state index >= 15 is 0 Å². The number of anilines is 1. The van der Waals surface area contributed by atoms with E-state index in [0.717, 1.165) is 28.3 Å². The maximum Gasteiger partial charge on any atom is 0.226 e. The maximum atomic E-state index is 11.6. The SMILES string of the molecule is Cc1noc(C)c1CNc1ccc(CC(=O)N(C)C)cc1. The largest absolute Gasteiger partial charge is 0.381 e. The minimum absolute atomic E-state index is 0.103. The van der Waals surface area contributed by atoms with Crippen molar-refractivity contribution >= 4 is 11.6 Å². The van der Waals surface area contributed by atoms with Gasteiger partial charge in [0.15, 0.2) is 0 Å². The number of rotatable bonds is 5. The van der Waals surface area contributed by atoms with E-state index in [1.54, 1.807) is 19.0 Å². The van der Waals surface area contributed by atoms with Gasteiger partial charge in [0.05, 0.1) is 12.1 Å². The number of aryl methyl sites for hydroxylation is 2. The van der Waals surface area contributed by atoms with Crippen LogP contribution in [0.4, 0.5) is 5.69 Å². The van der Waals surface area contributed by atoms with E-state index in [9.17, 15) is 4.79 Å². The minimum Gasteiger partial charge on any atom is -0.381 e. The summed E-state index contributed by atoms with van der Waals surface area (Å²) in [5, 5.41) is 7.27. The average Bonchev–Trinajstić information content (AvgIpc) is 2.77. The van der Waals surface area contributed by atoms with Crippen LogP contribution in [0.5, 0.6) is 0 Å². The van der Waals surface area contributed by atoms with Gasteiger partial charge in [-0.1, -0.05) is 17.3 Å². The molecule has 5 nitrogen and oxygen atoms in total. The summed E-state index contributed by atoms with van der Waals surface area (Å²) in [5.74, 6) is 0.944. The Bertz CT molecular complexity index is 595. The third-order valence-electron chi connectivity index (χ3n) is 3.46. The maximum absolute atomic E-state index is 11.6. The summed E-state index contributed by atoms with van der Waals surface area (Å²) in [6, 6.07) is 7.90. The lowest BCUT2D eigenvalue weighted by atomic mass is 10.1. The summed E-state index contributed by atoms with van der Waals surface area (Å²) < 4.78 is 5.14. The lowest BCUT2D eigenvalue weighted by Gasteiger charge is -2.11. The topological polar surface area (TPSA) is 58.4 Å². The molecule has 1 aromatic carbocycles. The molecule has 2 rings (SSSR count). The fourth-order valence-electron chi connectivity index (χ4n) is 2.02. The number of hydrogen-bond acceptors (Lipinski definition) is 4. The number of carbonyl (C=O) groups is 1. The lowest BCUT2D eigenvalue weighted by Crippen LogP contribution is -2.23. The summed E-state index contributed by atoms with van der Waals surface area (Å²) in [6.07, 6.45) is 0.428. The highest BCUT2D eigenvalue weighted by Gasteiger charge is 2.09. The Labute approximate surface area is 124 Å². The number of likely N-dealkylation sites (N-methyl/N-ethyl adjacent to an activating group) is 1. The van der Waals surface area contributed by atoms with Crippen molar-refractivity contribution in [3.63, 3.8) is 0 Å². The molecular formula is C16H21N3O2. The first kappa shape index (κ1) is 15.1. The predicted octanol–water partition coefficient (Wildman–Crippen LogP) is 2.53. The standard InChI is InChI=1S/C16H21N3O2/c1-11-15(12(2)21-18-11)10-17-14-7-5-13(6-8-14)9-16(20)19(3)4/h5-8,17H,9-10H2,1-4H3.